The molecule has 5 heteroatoms. The molecule has 0 atom stereocenters. The van der Waals surface area contributed by atoms with Crippen molar-refractivity contribution in [1.29, 1.82) is 0 Å². The Kier molecular flexibility index (Phi) is 3.74. The third kappa shape index (κ3) is 2.63. The average molecular weight is 307 g/mol. The van der Waals surface area contributed by atoms with Crippen LogP contribution in [-0.2, 0) is 0 Å². The number of halogens is 4. The maximum absolute atomic E-state index is 6.13. The van der Waals surface area contributed by atoms with Gasteiger partial charge >= 0.3 is 0 Å². The lowest BCUT2D eigenvalue weighted by atomic mass is 10.1. The molecule has 0 radical (unpaired) electrons. The van der Waals surface area contributed by atoms with E-state index in [1.165, 1.54) is 0 Å². The van der Waals surface area contributed by atoms with Gasteiger partial charge in [-0.25, -0.2) is 0 Å². The Labute approximate surface area is 119 Å². The molecular weight excluding hydrogens is 300 g/mol. The van der Waals surface area contributed by atoms with Crippen molar-refractivity contribution >= 4 is 52.1 Å². The first-order valence-corrected chi connectivity index (χ1v) is 6.20. The smallest absolute Gasteiger partial charge is 0.0671 e. The standard InChI is InChI=1S/C12H7Cl4N/c13-7-4-8(12(16)10(15)5-7)6-1-2-9(14)11(17)3-6/h1-5H,17H2. The van der Waals surface area contributed by atoms with E-state index in [9.17, 15) is 0 Å². The van der Waals surface area contributed by atoms with Gasteiger partial charge in [0.25, 0.3) is 0 Å². The summed E-state index contributed by atoms with van der Waals surface area (Å²) in [7, 11) is 0. The Morgan fingerprint density at radius 2 is 1.53 bits per heavy atom. The van der Waals surface area contributed by atoms with Crippen LogP contribution in [0, 0.1) is 0 Å². The average Bonchev–Trinajstić information content (AvgIpc) is 2.27. The first-order valence-electron chi connectivity index (χ1n) is 4.69. The van der Waals surface area contributed by atoms with Crippen LogP contribution in [0.3, 0.4) is 0 Å². The molecule has 88 valence electrons. The van der Waals surface area contributed by atoms with Gasteiger partial charge in [-0.2, -0.15) is 0 Å². The van der Waals surface area contributed by atoms with Gasteiger partial charge in [-0.15, -0.1) is 0 Å². The first kappa shape index (κ1) is 12.8. The monoisotopic (exact) mass is 305 g/mol. The summed E-state index contributed by atoms with van der Waals surface area (Å²) >= 11 is 23.9. The molecule has 0 amide bonds. The molecule has 0 aliphatic heterocycles. The lowest BCUT2D eigenvalue weighted by molar-refractivity contribution is 1.61. The third-order valence-corrected chi connectivity index (χ3v) is 3.66. The summed E-state index contributed by atoms with van der Waals surface area (Å²) in [5.41, 5.74) is 7.78. The normalized spacial score (nSPS) is 10.6. The number of hydrogen-bond acceptors (Lipinski definition) is 1. The maximum Gasteiger partial charge on any atom is 0.0671 e. The summed E-state index contributed by atoms with van der Waals surface area (Å²) in [5.74, 6) is 0. The van der Waals surface area contributed by atoms with E-state index >= 15 is 0 Å². The highest BCUT2D eigenvalue weighted by molar-refractivity contribution is 6.45. The number of rotatable bonds is 1. The zero-order chi connectivity index (χ0) is 12.6. The zero-order valence-electron chi connectivity index (χ0n) is 8.48. The highest BCUT2D eigenvalue weighted by atomic mass is 35.5. The largest absolute Gasteiger partial charge is 0.398 e. The highest BCUT2D eigenvalue weighted by Gasteiger charge is 2.10. The van der Waals surface area contributed by atoms with Crippen LogP contribution >= 0.6 is 46.4 Å². The van der Waals surface area contributed by atoms with E-state index in [0.29, 0.717) is 25.8 Å². The molecule has 2 aromatic carbocycles. The molecule has 2 N–H and O–H groups in total. The minimum Gasteiger partial charge on any atom is -0.398 e. The van der Waals surface area contributed by atoms with Gasteiger partial charge in [0.1, 0.15) is 0 Å². The molecule has 0 heterocycles. The summed E-state index contributed by atoms with van der Waals surface area (Å²) < 4.78 is 0. The van der Waals surface area contributed by atoms with Crippen LogP contribution in [0.15, 0.2) is 30.3 Å². The zero-order valence-corrected chi connectivity index (χ0v) is 11.5. The Morgan fingerprint density at radius 1 is 0.824 bits per heavy atom. The molecule has 0 saturated heterocycles. The van der Waals surface area contributed by atoms with Gasteiger partial charge < -0.3 is 5.73 Å². The molecule has 2 aromatic rings. The molecule has 17 heavy (non-hydrogen) atoms. The van der Waals surface area contributed by atoms with E-state index in [4.69, 9.17) is 52.1 Å². The van der Waals surface area contributed by atoms with Gasteiger partial charge in [-0.1, -0.05) is 52.5 Å². The van der Waals surface area contributed by atoms with E-state index in [-0.39, 0.29) is 0 Å². The number of anilines is 1. The van der Waals surface area contributed by atoms with E-state index in [2.05, 4.69) is 0 Å². The summed E-state index contributed by atoms with van der Waals surface area (Å²) in [4.78, 5) is 0. The predicted molar refractivity (Wildman–Crippen MR) is 76.3 cm³/mol. The Morgan fingerprint density at radius 3 is 2.18 bits per heavy atom. The van der Waals surface area contributed by atoms with E-state index < -0.39 is 0 Å². The summed E-state index contributed by atoms with van der Waals surface area (Å²) in [6, 6.07) is 8.58. The van der Waals surface area contributed by atoms with Crippen molar-refractivity contribution < 1.29 is 0 Å². The van der Waals surface area contributed by atoms with Crippen molar-refractivity contribution in [2.75, 3.05) is 5.73 Å². The van der Waals surface area contributed by atoms with Crippen LogP contribution in [0.5, 0.6) is 0 Å². The second-order valence-electron chi connectivity index (χ2n) is 3.49. The maximum atomic E-state index is 6.13. The van der Waals surface area contributed by atoms with Crippen LogP contribution < -0.4 is 5.73 Å². The van der Waals surface area contributed by atoms with Gasteiger partial charge in [0.05, 0.1) is 20.8 Å². The quantitative estimate of drug-likeness (QED) is 0.542. The van der Waals surface area contributed by atoms with Gasteiger partial charge in [-0.3, -0.25) is 0 Å². The molecular formula is C12H7Cl4N. The number of nitrogens with two attached hydrogens (primary N) is 1. The van der Waals surface area contributed by atoms with Crippen molar-refractivity contribution in [1.82, 2.24) is 0 Å². The molecule has 0 spiro atoms. The minimum atomic E-state index is 0.405. The summed E-state index contributed by atoms with van der Waals surface area (Å²) in [6.07, 6.45) is 0. The van der Waals surface area contributed by atoms with Crippen molar-refractivity contribution in [2.24, 2.45) is 0 Å². The lowest BCUT2D eigenvalue weighted by Gasteiger charge is -2.08. The Hall–Kier alpha value is -0.600. The molecule has 0 bridgehead atoms. The van der Waals surface area contributed by atoms with Crippen LogP contribution in [0.1, 0.15) is 0 Å². The van der Waals surface area contributed by atoms with E-state index in [1.54, 1.807) is 24.3 Å². The van der Waals surface area contributed by atoms with Gasteiger partial charge in [0.15, 0.2) is 0 Å². The van der Waals surface area contributed by atoms with Crippen molar-refractivity contribution in [3.63, 3.8) is 0 Å². The predicted octanol–water partition coefficient (Wildman–Crippen LogP) is 5.55. The second-order valence-corrected chi connectivity index (χ2v) is 5.11. The lowest BCUT2D eigenvalue weighted by Crippen LogP contribution is -1.88. The molecule has 0 fully saturated rings. The molecule has 2 rings (SSSR count). The minimum absolute atomic E-state index is 0.405. The molecule has 0 saturated carbocycles. The molecule has 0 unspecified atom stereocenters. The van der Waals surface area contributed by atoms with Crippen molar-refractivity contribution in [2.45, 2.75) is 0 Å². The fraction of sp³-hybridized carbons (Fsp3) is 0. The van der Waals surface area contributed by atoms with Gasteiger partial charge in [0, 0.05) is 10.6 Å². The van der Waals surface area contributed by atoms with Crippen LogP contribution in [-0.4, -0.2) is 0 Å². The fourth-order valence-electron chi connectivity index (χ4n) is 1.48. The molecule has 1 nitrogen and oxygen atoms in total. The van der Waals surface area contributed by atoms with Crippen LogP contribution in [0.2, 0.25) is 20.1 Å². The summed E-state index contributed by atoms with van der Waals surface area (Å²) in [5, 5.41) is 1.86. The topological polar surface area (TPSA) is 26.0 Å². The Bertz CT molecular complexity index is 581. The number of hydrogen-bond donors (Lipinski definition) is 1. The second kappa shape index (κ2) is 4.95. The van der Waals surface area contributed by atoms with Crippen molar-refractivity contribution in [3.8, 4) is 11.1 Å². The molecule has 0 aliphatic rings. The first-order chi connectivity index (χ1) is 7.99. The van der Waals surface area contributed by atoms with Crippen molar-refractivity contribution in [3.05, 3.63) is 50.4 Å². The van der Waals surface area contributed by atoms with E-state index in [0.717, 1.165) is 11.1 Å². The molecule has 0 aromatic heterocycles. The van der Waals surface area contributed by atoms with E-state index in [1.807, 2.05) is 6.07 Å². The van der Waals surface area contributed by atoms with Gasteiger partial charge in [-0.05, 0) is 29.8 Å². The Balaban J connectivity index is 2.64. The van der Waals surface area contributed by atoms with Crippen LogP contribution in [0.4, 0.5) is 5.69 Å². The number of benzene rings is 2. The summed E-state index contributed by atoms with van der Waals surface area (Å²) in [6.45, 7) is 0. The highest BCUT2D eigenvalue weighted by Crippen LogP contribution is 2.37. The number of nitrogen functional groups attached to an aromatic ring is 1. The van der Waals surface area contributed by atoms with Crippen LogP contribution in [0.25, 0.3) is 11.1 Å². The molecule has 0 aliphatic carbocycles. The SMILES string of the molecule is Nc1cc(-c2cc(Cl)cc(Cl)c2Cl)ccc1Cl. The van der Waals surface area contributed by atoms with Gasteiger partial charge in [0.2, 0.25) is 0 Å². The fourth-order valence-corrected chi connectivity index (χ4v) is 2.31. The third-order valence-electron chi connectivity index (χ3n) is 2.30.